The SMILES string of the molecule is OC(c1ccccc1)(c1ccccc1)[C@@H]1CCC[N+]12CCCC2.[Br-]. The van der Waals surface area contributed by atoms with Crippen LogP contribution in [0, 0.1) is 0 Å². The number of aliphatic hydroxyl groups is 1. The Hall–Kier alpha value is -1.16. The Morgan fingerprint density at radius 3 is 1.71 bits per heavy atom. The summed E-state index contributed by atoms with van der Waals surface area (Å²) in [7, 11) is 0. The van der Waals surface area contributed by atoms with Crippen molar-refractivity contribution in [2.24, 2.45) is 0 Å². The van der Waals surface area contributed by atoms with E-state index >= 15 is 0 Å². The lowest BCUT2D eigenvalue weighted by molar-refractivity contribution is -0.935. The summed E-state index contributed by atoms with van der Waals surface area (Å²) in [5.41, 5.74) is 1.20. The summed E-state index contributed by atoms with van der Waals surface area (Å²) in [4.78, 5) is 0. The Bertz CT molecular complexity index is 607. The Morgan fingerprint density at radius 2 is 1.21 bits per heavy atom. The molecule has 2 heterocycles. The highest BCUT2D eigenvalue weighted by molar-refractivity contribution is 5.37. The first-order valence-corrected chi connectivity index (χ1v) is 8.95. The number of rotatable bonds is 3. The Labute approximate surface area is 155 Å². The van der Waals surface area contributed by atoms with Crippen LogP contribution in [0.4, 0.5) is 0 Å². The quantitative estimate of drug-likeness (QED) is 0.768. The molecule has 2 aliphatic rings. The van der Waals surface area contributed by atoms with Crippen LogP contribution in [0.5, 0.6) is 0 Å². The van der Waals surface area contributed by atoms with Crippen molar-refractivity contribution in [3.05, 3.63) is 71.8 Å². The van der Waals surface area contributed by atoms with Crippen molar-refractivity contribution in [3.8, 4) is 0 Å². The molecule has 1 N–H and O–H groups in total. The Kier molecular flexibility index (Phi) is 5.14. The third-order valence-electron chi connectivity index (χ3n) is 6.11. The summed E-state index contributed by atoms with van der Waals surface area (Å²) in [6.07, 6.45) is 4.94. The van der Waals surface area contributed by atoms with E-state index in [2.05, 4.69) is 24.3 Å². The van der Waals surface area contributed by atoms with Gasteiger partial charge >= 0.3 is 0 Å². The maximum absolute atomic E-state index is 12.1. The third kappa shape index (κ3) is 2.73. The van der Waals surface area contributed by atoms with Gasteiger partial charge in [-0.05, 0) is 11.1 Å². The van der Waals surface area contributed by atoms with Crippen LogP contribution in [0.3, 0.4) is 0 Å². The van der Waals surface area contributed by atoms with Gasteiger partial charge in [0.15, 0.2) is 5.60 Å². The normalized spacial score (nSPS) is 22.5. The van der Waals surface area contributed by atoms with E-state index in [4.69, 9.17) is 0 Å². The van der Waals surface area contributed by atoms with Crippen LogP contribution in [0.1, 0.15) is 36.8 Å². The van der Waals surface area contributed by atoms with Gasteiger partial charge in [-0.1, -0.05) is 60.7 Å². The van der Waals surface area contributed by atoms with Crippen LogP contribution in [0.25, 0.3) is 0 Å². The van der Waals surface area contributed by atoms with Gasteiger partial charge in [-0.3, -0.25) is 0 Å². The van der Waals surface area contributed by atoms with E-state index in [1.807, 2.05) is 36.4 Å². The summed E-state index contributed by atoms with van der Waals surface area (Å²) in [6.45, 7) is 3.69. The lowest BCUT2D eigenvalue weighted by Gasteiger charge is -2.45. The van der Waals surface area contributed by atoms with Crippen LogP contribution in [0.2, 0.25) is 0 Å². The van der Waals surface area contributed by atoms with Gasteiger partial charge in [0.2, 0.25) is 0 Å². The molecule has 3 heteroatoms. The summed E-state index contributed by atoms with van der Waals surface area (Å²) < 4.78 is 1.11. The summed E-state index contributed by atoms with van der Waals surface area (Å²) in [5, 5.41) is 12.1. The molecule has 2 aromatic carbocycles. The molecule has 0 aromatic heterocycles. The first-order chi connectivity index (χ1) is 11.3. The predicted molar refractivity (Wildman–Crippen MR) is 93.0 cm³/mol. The highest BCUT2D eigenvalue weighted by Gasteiger charge is 2.55. The van der Waals surface area contributed by atoms with Crippen molar-refractivity contribution in [2.75, 3.05) is 19.6 Å². The molecule has 2 fully saturated rings. The molecular weight excluding hydrogens is 362 g/mol. The van der Waals surface area contributed by atoms with E-state index in [1.54, 1.807) is 0 Å². The summed E-state index contributed by atoms with van der Waals surface area (Å²) in [5.74, 6) is 0. The number of halogens is 1. The highest BCUT2D eigenvalue weighted by atomic mass is 79.9. The summed E-state index contributed by atoms with van der Waals surface area (Å²) in [6, 6.07) is 20.9. The molecule has 24 heavy (non-hydrogen) atoms. The fourth-order valence-corrected chi connectivity index (χ4v) is 5.07. The van der Waals surface area contributed by atoms with E-state index < -0.39 is 5.60 Å². The molecular formula is C21H26BrNO. The van der Waals surface area contributed by atoms with E-state index in [0.29, 0.717) is 0 Å². The zero-order valence-electron chi connectivity index (χ0n) is 14.1. The number of hydrogen-bond acceptors (Lipinski definition) is 1. The third-order valence-corrected chi connectivity index (χ3v) is 6.11. The number of benzene rings is 2. The standard InChI is InChI=1S/C21H26NO.BrH/c23-21(18-10-3-1-4-11-18,19-12-5-2-6-13-19)20-14-9-17-22(20)15-7-8-16-22;/h1-6,10-13,20,23H,7-9,14-17H2;1H/q+1;/p-1/t20-;/m0./s1. The number of hydrogen-bond donors (Lipinski definition) is 1. The van der Waals surface area contributed by atoms with Crippen LogP contribution >= 0.6 is 0 Å². The molecule has 1 atom stereocenters. The average Bonchev–Trinajstić information content (AvgIpc) is 3.26. The highest BCUT2D eigenvalue weighted by Crippen LogP contribution is 2.45. The van der Waals surface area contributed by atoms with Gasteiger partial charge in [0.25, 0.3) is 0 Å². The molecule has 2 aliphatic heterocycles. The lowest BCUT2D eigenvalue weighted by atomic mass is 9.78. The molecule has 2 nitrogen and oxygen atoms in total. The van der Waals surface area contributed by atoms with Gasteiger partial charge in [-0.2, -0.15) is 0 Å². The lowest BCUT2D eigenvalue weighted by Crippen LogP contribution is -3.00. The molecule has 4 rings (SSSR count). The maximum atomic E-state index is 12.1. The molecule has 2 aromatic rings. The second kappa shape index (κ2) is 6.99. The molecule has 128 valence electrons. The second-order valence-corrected chi connectivity index (χ2v) is 7.25. The van der Waals surface area contributed by atoms with Crippen LogP contribution < -0.4 is 17.0 Å². The smallest absolute Gasteiger partial charge is 0.166 e. The van der Waals surface area contributed by atoms with E-state index in [-0.39, 0.29) is 23.0 Å². The van der Waals surface area contributed by atoms with E-state index in [9.17, 15) is 5.11 Å². The zero-order valence-corrected chi connectivity index (χ0v) is 15.7. The van der Waals surface area contributed by atoms with E-state index in [1.165, 1.54) is 38.9 Å². The number of nitrogens with zero attached hydrogens (tertiary/aromatic N) is 1. The number of quaternary nitrogens is 1. The minimum atomic E-state index is -0.886. The van der Waals surface area contributed by atoms with Gasteiger partial charge in [-0.25, -0.2) is 0 Å². The molecule has 0 saturated carbocycles. The van der Waals surface area contributed by atoms with Gasteiger partial charge in [0, 0.05) is 25.7 Å². The van der Waals surface area contributed by atoms with Gasteiger partial charge in [-0.15, -0.1) is 0 Å². The monoisotopic (exact) mass is 387 g/mol. The van der Waals surface area contributed by atoms with Crippen molar-refractivity contribution in [3.63, 3.8) is 0 Å². The van der Waals surface area contributed by atoms with Crippen molar-refractivity contribution < 1.29 is 26.6 Å². The largest absolute Gasteiger partial charge is 1.00 e. The van der Waals surface area contributed by atoms with Crippen molar-refractivity contribution in [1.29, 1.82) is 0 Å². The molecule has 1 spiro atoms. The summed E-state index contributed by atoms with van der Waals surface area (Å²) >= 11 is 0. The van der Waals surface area contributed by atoms with Crippen LogP contribution in [-0.2, 0) is 5.60 Å². The van der Waals surface area contributed by atoms with Crippen molar-refractivity contribution >= 4 is 0 Å². The Balaban J connectivity index is 0.00000169. The maximum Gasteiger partial charge on any atom is 0.166 e. The fraction of sp³-hybridized carbons (Fsp3) is 0.429. The first kappa shape index (κ1) is 17.7. The van der Waals surface area contributed by atoms with Crippen molar-refractivity contribution in [1.82, 2.24) is 0 Å². The van der Waals surface area contributed by atoms with Gasteiger partial charge in [0.05, 0.1) is 19.6 Å². The predicted octanol–water partition coefficient (Wildman–Crippen LogP) is 0.700. The minimum Gasteiger partial charge on any atom is -1.00 e. The average molecular weight is 388 g/mol. The second-order valence-electron chi connectivity index (χ2n) is 7.25. The molecule has 2 saturated heterocycles. The van der Waals surface area contributed by atoms with Gasteiger partial charge in [0.1, 0.15) is 6.04 Å². The minimum absolute atomic E-state index is 0. The zero-order chi connectivity index (χ0) is 15.8. The van der Waals surface area contributed by atoms with Crippen LogP contribution in [-0.4, -0.2) is 35.3 Å². The van der Waals surface area contributed by atoms with E-state index in [0.717, 1.165) is 22.0 Å². The molecule has 0 amide bonds. The molecule has 0 aliphatic carbocycles. The molecule has 0 radical (unpaired) electrons. The Morgan fingerprint density at radius 1 is 0.750 bits per heavy atom. The van der Waals surface area contributed by atoms with Gasteiger partial charge < -0.3 is 26.6 Å². The topological polar surface area (TPSA) is 20.2 Å². The van der Waals surface area contributed by atoms with Crippen molar-refractivity contribution in [2.45, 2.75) is 37.3 Å². The molecule has 0 bridgehead atoms. The fourth-order valence-electron chi connectivity index (χ4n) is 5.07. The molecule has 0 unspecified atom stereocenters. The first-order valence-electron chi connectivity index (χ1n) is 8.95. The van der Waals surface area contributed by atoms with Crippen LogP contribution in [0.15, 0.2) is 60.7 Å².